The van der Waals surface area contributed by atoms with E-state index in [9.17, 15) is 0 Å². The molecule has 0 aliphatic carbocycles. The second kappa shape index (κ2) is 8.13. The molecule has 148 valence electrons. The van der Waals surface area contributed by atoms with Crippen molar-refractivity contribution < 1.29 is 0 Å². The van der Waals surface area contributed by atoms with Crippen LogP contribution in [0, 0.1) is 13.8 Å². The first kappa shape index (κ1) is 19.9. The third-order valence-corrected chi connectivity index (χ3v) is 6.72. The predicted octanol–water partition coefficient (Wildman–Crippen LogP) is 6.83. The van der Waals surface area contributed by atoms with Gasteiger partial charge in [0.2, 0.25) is 5.28 Å². The van der Waals surface area contributed by atoms with Gasteiger partial charge in [-0.2, -0.15) is 4.98 Å². The van der Waals surface area contributed by atoms with E-state index in [0.29, 0.717) is 5.28 Å². The Labute approximate surface area is 181 Å². The van der Waals surface area contributed by atoms with Gasteiger partial charge in [0.25, 0.3) is 0 Å². The highest BCUT2D eigenvalue weighted by molar-refractivity contribution is 7.19. The van der Waals surface area contributed by atoms with E-state index in [1.165, 1.54) is 32.7 Å². The summed E-state index contributed by atoms with van der Waals surface area (Å²) in [5.41, 5.74) is 6.28. The van der Waals surface area contributed by atoms with Crippen molar-refractivity contribution in [1.29, 1.82) is 0 Å². The molecule has 0 amide bonds. The monoisotopic (exact) mass is 421 g/mol. The Balaban J connectivity index is 1.92. The van der Waals surface area contributed by atoms with E-state index in [1.54, 1.807) is 11.3 Å². The number of nitrogens with zero attached hydrogens (tertiary/aromatic N) is 3. The summed E-state index contributed by atoms with van der Waals surface area (Å²) in [6.07, 6.45) is 0.947. The minimum absolute atomic E-state index is 0.294. The van der Waals surface area contributed by atoms with Gasteiger partial charge in [-0.3, -0.25) is 0 Å². The number of benzene rings is 2. The van der Waals surface area contributed by atoms with Gasteiger partial charge in [-0.05, 0) is 54.1 Å². The zero-order chi connectivity index (χ0) is 20.5. The first-order valence-corrected chi connectivity index (χ1v) is 11.0. The van der Waals surface area contributed by atoms with Crippen molar-refractivity contribution in [3.8, 4) is 11.1 Å². The number of hydrogen-bond acceptors (Lipinski definition) is 4. The molecule has 2 heterocycles. The van der Waals surface area contributed by atoms with Crippen molar-refractivity contribution in [3.63, 3.8) is 0 Å². The van der Waals surface area contributed by atoms with Gasteiger partial charge >= 0.3 is 0 Å². The summed E-state index contributed by atoms with van der Waals surface area (Å²) < 4.78 is 0. The van der Waals surface area contributed by atoms with Crippen LogP contribution in [0.3, 0.4) is 0 Å². The molecule has 0 atom stereocenters. The Morgan fingerprint density at radius 1 is 1.00 bits per heavy atom. The van der Waals surface area contributed by atoms with Crippen molar-refractivity contribution in [2.45, 2.75) is 33.7 Å². The van der Waals surface area contributed by atoms with Crippen molar-refractivity contribution in [2.75, 3.05) is 11.9 Å². The van der Waals surface area contributed by atoms with Crippen molar-refractivity contribution in [1.82, 2.24) is 9.97 Å². The maximum atomic E-state index is 6.33. The highest BCUT2D eigenvalue weighted by Gasteiger charge is 2.21. The number of aromatic nitrogens is 2. The van der Waals surface area contributed by atoms with Gasteiger partial charge in [0.1, 0.15) is 10.6 Å². The largest absolute Gasteiger partial charge is 0.355 e. The van der Waals surface area contributed by atoms with Crippen molar-refractivity contribution >= 4 is 39.0 Å². The minimum Gasteiger partial charge on any atom is -0.355 e. The number of hydrogen-bond donors (Lipinski definition) is 0. The number of fused-ring (bicyclic) bond motifs is 1. The van der Waals surface area contributed by atoms with E-state index in [2.05, 4.69) is 85.2 Å². The van der Waals surface area contributed by atoms with Gasteiger partial charge in [0, 0.05) is 24.0 Å². The molecule has 0 unspecified atom stereocenters. The Hall–Kier alpha value is -2.43. The topological polar surface area (TPSA) is 29.0 Å². The molecule has 4 rings (SSSR count). The Morgan fingerprint density at radius 3 is 2.45 bits per heavy atom. The molecule has 0 bridgehead atoms. The SMILES string of the molecule is CCc1sc2nc(Cl)nc(N(C)Cc3ccccc3)c2c1-c1ccc(C)c(C)c1. The lowest BCUT2D eigenvalue weighted by atomic mass is 9.98. The zero-order valence-electron chi connectivity index (χ0n) is 17.2. The second-order valence-electron chi connectivity index (χ2n) is 7.39. The van der Waals surface area contributed by atoms with Crippen molar-refractivity contribution in [2.24, 2.45) is 0 Å². The van der Waals surface area contributed by atoms with Crippen LogP contribution < -0.4 is 4.90 Å². The van der Waals surface area contributed by atoms with Gasteiger partial charge < -0.3 is 4.90 Å². The molecule has 29 heavy (non-hydrogen) atoms. The van der Waals surface area contributed by atoms with E-state index in [-0.39, 0.29) is 0 Å². The van der Waals surface area contributed by atoms with Crippen molar-refractivity contribution in [3.05, 3.63) is 75.4 Å². The van der Waals surface area contributed by atoms with E-state index in [4.69, 9.17) is 11.6 Å². The fraction of sp³-hybridized carbons (Fsp3) is 0.250. The Kier molecular flexibility index (Phi) is 5.57. The van der Waals surface area contributed by atoms with Crippen LogP contribution in [-0.2, 0) is 13.0 Å². The van der Waals surface area contributed by atoms with Crippen LogP contribution in [0.1, 0.15) is 28.5 Å². The number of thiophene rings is 1. The molecule has 3 nitrogen and oxygen atoms in total. The minimum atomic E-state index is 0.294. The molecule has 0 spiro atoms. The summed E-state index contributed by atoms with van der Waals surface area (Å²) in [7, 11) is 2.07. The molecule has 2 aromatic heterocycles. The molecule has 0 radical (unpaired) electrons. The van der Waals surface area contributed by atoms with Gasteiger partial charge in [0.15, 0.2) is 0 Å². The quantitative estimate of drug-likeness (QED) is 0.331. The molecule has 0 fully saturated rings. The molecule has 0 aliphatic rings. The maximum Gasteiger partial charge on any atom is 0.225 e. The molecule has 0 aliphatic heterocycles. The summed E-state index contributed by atoms with van der Waals surface area (Å²) in [5, 5.41) is 1.39. The molecule has 2 aromatic carbocycles. The molecule has 5 heteroatoms. The Morgan fingerprint density at radius 2 is 1.76 bits per heavy atom. The fourth-order valence-corrected chi connectivity index (χ4v) is 5.00. The molecular formula is C24H24ClN3S. The number of aryl methyl sites for hydroxylation is 3. The van der Waals surface area contributed by atoms with E-state index in [0.717, 1.165) is 29.0 Å². The standard InChI is InChI=1S/C24H24ClN3S/c1-5-19-20(18-12-11-15(2)16(3)13-18)21-22(26-24(25)27-23(21)29-19)28(4)14-17-9-7-6-8-10-17/h6-13H,5,14H2,1-4H3. The lowest BCUT2D eigenvalue weighted by Crippen LogP contribution is -2.18. The molecule has 0 saturated heterocycles. The number of halogens is 1. The predicted molar refractivity (Wildman–Crippen MR) is 125 cm³/mol. The molecule has 4 aromatic rings. The van der Waals surface area contributed by atoms with E-state index in [1.807, 2.05) is 6.07 Å². The van der Waals surface area contributed by atoms with Gasteiger partial charge in [-0.1, -0.05) is 55.5 Å². The van der Waals surface area contributed by atoms with Crippen LogP contribution in [0.4, 0.5) is 5.82 Å². The summed E-state index contributed by atoms with van der Waals surface area (Å²) in [5.74, 6) is 0.882. The number of anilines is 1. The lowest BCUT2D eigenvalue weighted by Gasteiger charge is -2.20. The third-order valence-electron chi connectivity index (χ3n) is 5.32. The fourth-order valence-electron chi connectivity index (χ4n) is 3.66. The zero-order valence-corrected chi connectivity index (χ0v) is 18.7. The summed E-state index contributed by atoms with van der Waals surface area (Å²) in [4.78, 5) is 13.7. The Bertz CT molecular complexity index is 1170. The first-order chi connectivity index (χ1) is 14.0. The highest BCUT2D eigenvalue weighted by atomic mass is 35.5. The van der Waals surface area contributed by atoms with Crippen LogP contribution in [0.5, 0.6) is 0 Å². The van der Waals surface area contributed by atoms with Crippen LogP contribution in [0.25, 0.3) is 21.3 Å². The first-order valence-electron chi connectivity index (χ1n) is 9.79. The van der Waals surface area contributed by atoms with Crippen LogP contribution >= 0.6 is 22.9 Å². The summed E-state index contributed by atoms with van der Waals surface area (Å²) in [6.45, 7) is 7.26. The average molecular weight is 422 g/mol. The molecule has 0 saturated carbocycles. The van der Waals surface area contributed by atoms with Crippen LogP contribution in [-0.4, -0.2) is 17.0 Å². The molecule has 0 N–H and O–H groups in total. The average Bonchev–Trinajstić information content (AvgIpc) is 3.08. The number of rotatable bonds is 5. The molecular weight excluding hydrogens is 398 g/mol. The normalized spacial score (nSPS) is 11.2. The van der Waals surface area contributed by atoms with Gasteiger partial charge in [0.05, 0.1) is 5.39 Å². The maximum absolute atomic E-state index is 6.33. The summed E-state index contributed by atoms with van der Waals surface area (Å²) in [6, 6.07) is 17.1. The van der Waals surface area contributed by atoms with Crippen LogP contribution in [0.2, 0.25) is 5.28 Å². The second-order valence-corrected chi connectivity index (χ2v) is 8.81. The van der Waals surface area contributed by atoms with Gasteiger partial charge in [-0.25, -0.2) is 4.98 Å². The summed E-state index contributed by atoms with van der Waals surface area (Å²) >= 11 is 8.04. The van der Waals surface area contributed by atoms with Gasteiger partial charge in [-0.15, -0.1) is 11.3 Å². The smallest absolute Gasteiger partial charge is 0.225 e. The lowest BCUT2D eigenvalue weighted by molar-refractivity contribution is 0.901. The third kappa shape index (κ3) is 3.87. The van der Waals surface area contributed by atoms with E-state index >= 15 is 0 Å². The van der Waals surface area contributed by atoms with Crippen LogP contribution in [0.15, 0.2) is 48.5 Å². The highest BCUT2D eigenvalue weighted by Crippen LogP contribution is 2.43. The van der Waals surface area contributed by atoms with E-state index < -0.39 is 0 Å².